The average molecular weight is 1070 g/mol. The van der Waals surface area contributed by atoms with E-state index in [4.69, 9.17) is 13.8 Å². The van der Waals surface area contributed by atoms with Crippen molar-refractivity contribution in [2.24, 2.45) is 0 Å². The summed E-state index contributed by atoms with van der Waals surface area (Å²) in [4.78, 5) is 39.9. The molecule has 0 saturated carbocycles. The van der Waals surface area contributed by atoms with Gasteiger partial charge in [0.2, 0.25) is 5.91 Å². The maximum Gasteiger partial charge on any atom is 0.306 e. The van der Waals surface area contributed by atoms with Crippen LogP contribution in [0.5, 0.6) is 0 Å². The molecule has 1 amide bonds. The predicted molar refractivity (Wildman–Crippen MR) is 321 cm³/mol. The van der Waals surface area contributed by atoms with Crippen LogP contribution in [0, 0.1) is 0 Å². The number of phosphoric acid groups is 1. The van der Waals surface area contributed by atoms with Crippen LogP contribution in [-0.2, 0) is 27.9 Å². The molecule has 0 spiro atoms. The molecule has 75 heavy (non-hydrogen) atoms. The van der Waals surface area contributed by atoms with E-state index in [-0.39, 0.29) is 31.3 Å². The molecule has 0 saturated heterocycles. The number of allylic oxidation sites excluding steroid dienone is 9. The number of rotatable bonds is 57. The summed E-state index contributed by atoms with van der Waals surface area (Å²) in [5.74, 6) is -0.598. The van der Waals surface area contributed by atoms with Gasteiger partial charge >= 0.3 is 5.97 Å². The first-order valence-electron chi connectivity index (χ1n) is 31.6. The lowest BCUT2D eigenvalue weighted by molar-refractivity contribution is -0.870. The van der Waals surface area contributed by atoms with Gasteiger partial charge in [0, 0.05) is 12.8 Å². The second-order valence-corrected chi connectivity index (χ2v) is 24.0. The number of esters is 1. The Kier molecular flexibility index (Phi) is 53.4. The van der Waals surface area contributed by atoms with E-state index in [9.17, 15) is 19.0 Å². The summed E-state index contributed by atoms with van der Waals surface area (Å²) in [5.41, 5.74) is 0. The van der Waals surface area contributed by atoms with Crippen LogP contribution in [0.2, 0.25) is 0 Å². The minimum Gasteiger partial charge on any atom is -0.756 e. The van der Waals surface area contributed by atoms with Crippen LogP contribution in [0.1, 0.15) is 290 Å². The molecule has 0 aliphatic heterocycles. The van der Waals surface area contributed by atoms with Gasteiger partial charge in [0.15, 0.2) is 0 Å². The number of carbonyl (C=O) groups is 2. The molecular weight excluding hydrogens is 952 g/mol. The summed E-state index contributed by atoms with van der Waals surface area (Å²) >= 11 is 0. The minimum atomic E-state index is -4.71. The number of unbranched alkanes of at least 4 members (excludes halogenated alkanes) is 33. The summed E-state index contributed by atoms with van der Waals surface area (Å²) in [7, 11) is 1.15. The summed E-state index contributed by atoms with van der Waals surface area (Å²) in [6.45, 7) is 6.79. The molecule has 1 N–H and O–H groups in total. The van der Waals surface area contributed by atoms with Gasteiger partial charge in [-0.1, -0.05) is 268 Å². The molecule has 10 heteroatoms. The number of nitrogens with zero attached hydrogens (tertiary/aromatic N) is 1. The second-order valence-electron chi connectivity index (χ2n) is 22.6. The molecule has 3 atom stereocenters. The second kappa shape index (κ2) is 55.0. The predicted octanol–water partition coefficient (Wildman–Crippen LogP) is 18.8. The summed E-state index contributed by atoms with van der Waals surface area (Å²) in [6.07, 6.45) is 69.2. The van der Waals surface area contributed by atoms with Crippen molar-refractivity contribution in [3.8, 4) is 0 Å². The van der Waals surface area contributed by atoms with E-state index in [2.05, 4.69) is 74.7 Å². The fourth-order valence-corrected chi connectivity index (χ4v) is 9.77. The van der Waals surface area contributed by atoms with Gasteiger partial charge in [0.1, 0.15) is 19.3 Å². The topological polar surface area (TPSA) is 114 Å². The van der Waals surface area contributed by atoms with Crippen LogP contribution >= 0.6 is 7.82 Å². The van der Waals surface area contributed by atoms with Crippen LogP contribution in [0.3, 0.4) is 0 Å². The zero-order chi connectivity index (χ0) is 55.0. The fourth-order valence-electron chi connectivity index (χ4n) is 9.05. The van der Waals surface area contributed by atoms with Crippen molar-refractivity contribution < 1.29 is 37.3 Å². The van der Waals surface area contributed by atoms with E-state index >= 15 is 0 Å². The van der Waals surface area contributed by atoms with Gasteiger partial charge in [-0.05, 0) is 70.3 Å². The number of hydrogen-bond donors (Lipinski definition) is 1. The number of phosphoric ester groups is 1. The molecule has 0 heterocycles. The van der Waals surface area contributed by atoms with Crippen LogP contribution in [0.25, 0.3) is 0 Å². The van der Waals surface area contributed by atoms with Crippen LogP contribution < -0.4 is 10.2 Å². The number of nitrogens with one attached hydrogen (secondary N) is 1. The molecule has 0 aliphatic carbocycles. The summed E-state index contributed by atoms with van der Waals surface area (Å²) < 4.78 is 30.3. The number of likely N-dealkylation sites (N-methyl/N-ethyl adjacent to an activating group) is 1. The van der Waals surface area contributed by atoms with E-state index < -0.39 is 26.6 Å². The molecule has 0 rings (SSSR count). The monoisotopic (exact) mass is 1070 g/mol. The molecule has 0 aliphatic rings. The molecular formula is C65H121N2O7P. The van der Waals surface area contributed by atoms with Crippen molar-refractivity contribution in [2.45, 2.75) is 303 Å². The first-order chi connectivity index (χ1) is 36.4. The highest BCUT2D eigenvalue weighted by atomic mass is 31.2. The van der Waals surface area contributed by atoms with E-state index in [0.29, 0.717) is 17.4 Å². The van der Waals surface area contributed by atoms with Gasteiger partial charge in [-0.25, -0.2) is 0 Å². The molecule has 438 valence electrons. The van der Waals surface area contributed by atoms with Crippen LogP contribution in [-0.4, -0.2) is 69.4 Å². The smallest absolute Gasteiger partial charge is 0.306 e. The lowest BCUT2D eigenvalue weighted by Crippen LogP contribution is -2.47. The molecule has 3 unspecified atom stereocenters. The first-order valence-corrected chi connectivity index (χ1v) is 33.1. The Morgan fingerprint density at radius 3 is 1.27 bits per heavy atom. The van der Waals surface area contributed by atoms with Gasteiger partial charge in [-0.3, -0.25) is 14.2 Å². The molecule has 9 nitrogen and oxygen atoms in total. The quantitative estimate of drug-likeness (QED) is 0.0212. The highest BCUT2D eigenvalue weighted by Gasteiger charge is 2.27. The Labute approximate surface area is 464 Å². The van der Waals surface area contributed by atoms with Gasteiger partial charge in [-0.2, -0.15) is 0 Å². The Hall–Kier alpha value is -2.29. The SMILES string of the molecule is CCCCC/C=C\C/C=C\C/C=C\C/C=C\CCCC(=O)NC(COP(=O)([O-])OCC[N+](C)(C)C)C(/C=C/CCCCCCCCCCC)OC(=O)CCCCCCCCCCCCCCCCCCCCCCC. The summed E-state index contributed by atoms with van der Waals surface area (Å²) in [6, 6.07) is -0.915. The normalized spacial score (nSPS) is 14.1. The van der Waals surface area contributed by atoms with Gasteiger partial charge in [-0.15, -0.1) is 0 Å². The number of ether oxygens (including phenoxy) is 1. The van der Waals surface area contributed by atoms with Gasteiger partial charge < -0.3 is 28.5 Å². The largest absolute Gasteiger partial charge is 0.756 e. The maximum absolute atomic E-state index is 13.5. The van der Waals surface area contributed by atoms with Gasteiger partial charge in [0.05, 0.1) is 33.8 Å². The number of hydrogen-bond acceptors (Lipinski definition) is 7. The van der Waals surface area contributed by atoms with E-state index in [1.165, 1.54) is 186 Å². The molecule has 0 fully saturated rings. The number of amides is 1. The molecule has 0 aromatic carbocycles. The third kappa shape index (κ3) is 56.2. The molecule has 0 radical (unpaired) electrons. The molecule has 0 aromatic rings. The molecule has 0 bridgehead atoms. The van der Waals surface area contributed by atoms with Crippen LogP contribution in [0.15, 0.2) is 60.8 Å². The Balaban J connectivity index is 5.23. The maximum atomic E-state index is 13.5. The Bertz CT molecular complexity index is 1470. The minimum absolute atomic E-state index is 0.0324. The fraction of sp³-hybridized carbons (Fsp3) is 0.815. The third-order valence-electron chi connectivity index (χ3n) is 14.0. The lowest BCUT2D eigenvalue weighted by atomic mass is 10.0. The lowest BCUT2D eigenvalue weighted by Gasteiger charge is -2.30. The van der Waals surface area contributed by atoms with Crippen molar-refractivity contribution in [1.29, 1.82) is 0 Å². The average Bonchev–Trinajstić information content (AvgIpc) is 3.37. The molecule has 0 aromatic heterocycles. The number of quaternary nitrogens is 1. The zero-order valence-corrected chi connectivity index (χ0v) is 50.9. The van der Waals surface area contributed by atoms with E-state index in [1.807, 2.05) is 33.3 Å². The van der Waals surface area contributed by atoms with E-state index in [1.54, 1.807) is 0 Å². The Morgan fingerprint density at radius 2 is 0.827 bits per heavy atom. The van der Waals surface area contributed by atoms with Crippen molar-refractivity contribution in [2.75, 3.05) is 40.9 Å². The number of carbonyl (C=O) groups excluding carboxylic acids is 2. The highest BCUT2D eigenvalue weighted by Crippen LogP contribution is 2.38. The van der Waals surface area contributed by atoms with Crippen molar-refractivity contribution in [3.63, 3.8) is 0 Å². The first kappa shape index (κ1) is 72.7. The van der Waals surface area contributed by atoms with Crippen molar-refractivity contribution in [3.05, 3.63) is 60.8 Å². The zero-order valence-electron chi connectivity index (χ0n) is 50.0. The van der Waals surface area contributed by atoms with Crippen LogP contribution in [0.4, 0.5) is 0 Å². The standard InChI is InChI=1S/C65H121N2O7P/c1-7-10-13-16-19-22-25-27-29-31-32-33-34-36-38-40-43-46-49-52-55-58-65(69)74-63(56-53-50-47-44-41-24-21-18-15-12-9-3)62(61-73-75(70,71)72-60-59-67(4,5)6)66-64(68)57-54-51-48-45-42-39-37-35-30-28-26-23-20-17-14-11-8-2/h20,23,28,30,37,39,45,48,53,56,62-63H,7-19,21-22,24-27,29,31-36,38,40-44,46-47,49-52,54-55,57-61H2,1-6H3,(H-,66,68,70,71)/b23-20-,30-28-,39-37-,48-45-,56-53+. The highest BCUT2D eigenvalue weighted by molar-refractivity contribution is 7.45. The van der Waals surface area contributed by atoms with Gasteiger partial charge in [0.25, 0.3) is 7.82 Å². The Morgan fingerprint density at radius 1 is 0.467 bits per heavy atom. The van der Waals surface area contributed by atoms with E-state index in [0.717, 1.165) is 64.2 Å². The third-order valence-corrected chi connectivity index (χ3v) is 14.9. The van der Waals surface area contributed by atoms with Crippen molar-refractivity contribution in [1.82, 2.24) is 5.32 Å². The van der Waals surface area contributed by atoms with Crippen molar-refractivity contribution >= 4 is 19.7 Å². The summed E-state index contributed by atoms with van der Waals surface area (Å²) in [5, 5.41) is 2.99.